The lowest BCUT2D eigenvalue weighted by molar-refractivity contribution is -0.153. The molecule has 0 unspecified atom stereocenters. The van der Waals surface area contributed by atoms with E-state index in [9.17, 15) is 9.59 Å². The van der Waals surface area contributed by atoms with Gasteiger partial charge in [0.2, 0.25) is 0 Å². The van der Waals surface area contributed by atoms with Crippen LogP contribution in [0, 0.1) is 18.3 Å². The van der Waals surface area contributed by atoms with Crippen molar-refractivity contribution in [2.45, 2.75) is 13.5 Å². The molecule has 0 aliphatic carbocycles. The van der Waals surface area contributed by atoms with E-state index < -0.39 is 5.97 Å². The summed E-state index contributed by atoms with van der Waals surface area (Å²) in [4.78, 5) is 25.2. The van der Waals surface area contributed by atoms with Gasteiger partial charge in [0.1, 0.15) is 5.75 Å². The van der Waals surface area contributed by atoms with Crippen LogP contribution in [0.5, 0.6) is 5.75 Å². The number of carbonyl (C=O) groups is 2. The molecule has 0 saturated carbocycles. The lowest BCUT2D eigenvalue weighted by Gasteiger charge is -2.17. The minimum absolute atomic E-state index is 0.294. The summed E-state index contributed by atoms with van der Waals surface area (Å²) in [6, 6.07) is 16.2. The molecule has 26 heavy (non-hydrogen) atoms. The van der Waals surface area contributed by atoms with Gasteiger partial charge < -0.3 is 14.4 Å². The summed E-state index contributed by atoms with van der Waals surface area (Å²) in [5.74, 6) is -0.479. The van der Waals surface area contributed by atoms with Gasteiger partial charge in [-0.1, -0.05) is 29.8 Å². The molecule has 1 amide bonds. The Balaban J connectivity index is 1.72. The molecule has 0 radical (unpaired) electrons. The van der Waals surface area contributed by atoms with Gasteiger partial charge in [0.05, 0.1) is 11.6 Å². The number of benzene rings is 2. The fraction of sp³-hybridized carbons (Fsp3) is 0.250. The second-order valence-corrected chi connectivity index (χ2v) is 5.82. The molecule has 0 aromatic heterocycles. The van der Waals surface area contributed by atoms with Gasteiger partial charge in [0.15, 0.2) is 13.2 Å². The van der Waals surface area contributed by atoms with Gasteiger partial charge in [-0.25, -0.2) is 4.79 Å². The molecule has 0 aliphatic heterocycles. The van der Waals surface area contributed by atoms with E-state index in [0.717, 1.165) is 11.1 Å². The minimum atomic E-state index is -0.633. The fourth-order valence-electron chi connectivity index (χ4n) is 2.12. The molecule has 2 rings (SSSR count). The highest BCUT2D eigenvalue weighted by molar-refractivity contribution is 5.80. The quantitative estimate of drug-likeness (QED) is 0.715. The maximum absolute atomic E-state index is 12.0. The smallest absolute Gasteiger partial charge is 0.344 e. The van der Waals surface area contributed by atoms with Crippen molar-refractivity contribution in [1.82, 2.24) is 4.90 Å². The zero-order valence-corrected chi connectivity index (χ0v) is 14.8. The molecule has 0 atom stereocenters. The zero-order chi connectivity index (χ0) is 18.9. The Morgan fingerprint density at radius 1 is 1.04 bits per heavy atom. The Labute approximate surface area is 152 Å². The number of hydrogen-bond acceptors (Lipinski definition) is 5. The number of nitrogens with zero attached hydrogens (tertiary/aromatic N) is 2. The van der Waals surface area contributed by atoms with Crippen molar-refractivity contribution in [3.63, 3.8) is 0 Å². The highest BCUT2D eigenvalue weighted by Gasteiger charge is 2.13. The minimum Gasteiger partial charge on any atom is -0.482 e. The highest BCUT2D eigenvalue weighted by Crippen LogP contribution is 2.11. The monoisotopic (exact) mass is 352 g/mol. The number of hydrogen-bond donors (Lipinski definition) is 0. The number of carbonyl (C=O) groups excluding carboxylic acids is 2. The van der Waals surface area contributed by atoms with Crippen molar-refractivity contribution in [3.8, 4) is 11.8 Å². The van der Waals surface area contributed by atoms with Gasteiger partial charge in [-0.05, 0) is 36.8 Å². The molecule has 2 aromatic carbocycles. The number of esters is 1. The van der Waals surface area contributed by atoms with Crippen LogP contribution in [0.2, 0.25) is 0 Å². The van der Waals surface area contributed by atoms with Gasteiger partial charge in [0, 0.05) is 13.6 Å². The first kappa shape index (κ1) is 19.0. The average molecular weight is 352 g/mol. The van der Waals surface area contributed by atoms with E-state index in [0.29, 0.717) is 17.9 Å². The van der Waals surface area contributed by atoms with E-state index in [1.165, 1.54) is 4.90 Å². The molecule has 0 N–H and O–H groups in total. The summed E-state index contributed by atoms with van der Waals surface area (Å²) < 4.78 is 10.2. The van der Waals surface area contributed by atoms with Crippen LogP contribution in [0.1, 0.15) is 16.7 Å². The van der Waals surface area contributed by atoms with Crippen molar-refractivity contribution < 1.29 is 19.1 Å². The van der Waals surface area contributed by atoms with E-state index in [2.05, 4.69) is 0 Å². The van der Waals surface area contributed by atoms with Gasteiger partial charge in [0.25, 0.3) is 5.91 Å². The summed E-state index contributed by atoms with van der Waals surface area (Å²) in [7, 11) is 1.66. The standard InChI is InChI=1S/C20H20N2O4/c1-15-3-5-17(6-4-15)12-22(2)19(23)13-26-20(24)14-25-18-9-7-16(11-21)8-10-18/h3-10H,12-14H2,1-2H3. The van der Waals surface area contributed by atoms with Crippen LogP contribution in [-0.4, -0.2) is 37.0 Å². The largest absolute Gasteiger partial charge is 0.482 e. The number of likely N-dealkylation sites (N-methyl/N-ethyl adjacent to an activating group) is 1. The van der Waals surface area contributed by atoms with E-state index in [1.807, 2.05) is 37.3 Å². The van der Waals surface area contributed by atoms with Crippen LogP contribution in [-0.2, 0) is 20.9 Å². The number of amides is 1. The molecule has 0 saturated heterocycles. The molecular weight excluding hydrogens is 332 g/mol. The van der Waals surface area contributed by atoms with Crippen LogP contribution < -0.4 is 4.74 Å². The third-order valence-corrected chi connectivity index (χ3v) is 3.66. The summed E-state index contributed by atoms with van der Waals surface area (Å²) in [5, 5.41) is 8.72. The molecule has 0 spiro atoms. The van der Waals surface area contributed by atoms with Crippen molar-refractivity contribution in [2.24, 2.45) is 0 Å². The summed E-state index contributed by atoms with van der Waals surface area (Å²) in [5.41, 5.74) is 2.66. The molecule has 0 aliphatic rings. The van der Waals surface area contributed by atoms with E-state index in [1.54, 1.807) is 31.3 Å². The van der Waals surface area contributed by atoms with Gasteiger partial charge in [-0.15, -0.1) is 0 Å². The number of aryl methyl sites for hydroxylation is 1. The van der Waals surface area contributed by atoms with Crippen LogP contribution in [0.25, 0.3) is 0 Å². The second-order valence-electron chi connectivity index (χ2n) is 5.82. The van der Waals surface area contributed by atoms with Gasteiger partial charge >= 0.3 is 5.97 Å². The highest BCUT2D eigenvalue weighted by atomic mass is 16.6. The summed E-state index contributed by atoms with van der Waals surface area (Å²) in [6.07, 6.45) is 0. The predicted molar refractivity (Wildman–Crippen MR) is 95.3 cm³/mol. The van der Waals surface area contributed by atoms with Crippen LogP contribution in [0.3, 0.4) is 0 Å². The first-order valence-electron chi connectivity index (χ1n) is 8.06. The maximum Gasteiger partial charge on any atom is 0.344 e. The summed E-state index contributed by atoms with van der Waals surface area (Å²) >= 11 is 0. The molecule has 134 valence electrons. The first-order chi connectivity index (χ1) is 12.5. The van der Waals surface area contributed by atoms with Gasteiger partial charge in [-0.3, -0.25) is 4.79 Å². The van der Waals surface area contributed by atoms with Crippen LogP contribution in [0.4, 0.5) is 0 Å². The van der Waals surface area contributed by atoms with Crippen molar-refractivity contribution in [2.75, 3.05) is 20.3 Å². The average Bonchev–Trinajstić information content (AvgIpc) is 2.66. The Kier molecular flexibility index (Phi) is 6.75. The molecule has 6 heteroatoms. The van der Waals surface area contributed by atoms with Gasteiger partial charge in [-0.2, -0.15) is 5.26 Å². The lowest BCUT2D eigenvalue weighted by atomic mass is 10.1. The molecule has 6 nitrogen and oxygen atoms in total. The fourth-order valence-corrected chi connectivity index (χ4v) is 2.12. The zero-order valence-electron chi connectivity index (χ0n) is 14.8. The first-order valence-corrected chi connectivity index (χ1v) is 8.06. The number of ether oxygens (including phenoxy) is 2. The topological polar surface area (TPSA) is 79.6 Å². The van der Waals surface area contributed by atoms with Crippen molar-refractivity contribution in [1.29, 1.82) is 5.26 Å². The Bertz CT molecular complexity index is 792. The molecule has 2 aromatic rings. The summed E-state index contributed by atoms with van der Waals surface area (Å²) in [6.45, 7) is 1.80. The Hall–Kier alpha value is -3.33. The van der Waals surface area contributed by atoms with Crippen molar-refractivity contribution >= 4 is 11.9 Å². The normalized spacial score (nSPS) is 9.88. The molecular formula is C20H20N2O4. The van der Waals surface area contributed by atoms with Crippen LogP contribution >= 0.6 is 0 Å². The Morgan fingerprint density at radius 3 is 2.31 bits per heavy atom. The van der Waals surface area contributed by atoms with E-state index in [4.69, 9.17) is 14.7 Å². The van der Waals surface area contributed by atoms with Crippen molar-refractivity contribution in [3.05, 3.63) is 65.2 Å². The SMILES string of the molecule is Cc1ccc(CN(C)C(=O)COC(=O)COc2ccc(C#N)cc2)cc1. The molecule has 0 fully saturated rings. The third-order valence-electron chi connectivity index (χ3n) is 3.66. The number of nitriles is 1. The van der Waals surface area contributed by atoms with Crippen LogP contribution in [0.15, 0.2) is 48.5 Å². The van der Waals surface area contributed by atoms with E-state index in [-0.39, 0.29) is 19.1 Å². The maximum atomic E-state index is 12.0. The molecule has 0 bridgehead atoms. The number of rotatable bonds is 7. The third kappa shape index (κ3) is 5.95. The van der Waals surface area contributed by atoms with E-state index >= 15 is 0 Å². The lowest BCUT2D eigenvalue weighted by Crippen LogP contribution is -2.31. The second kappa shape index (κ2) is 9.23. The predicted octanol–water partition coefficient (Wildman–Crippen LogP) is 2.45. The molecule has 0 heterocycles. The Morgan fingerprint density at radius 2 is 1.69 bits per heavy atom.